The molecule has 1 rings (SSSR count). The molecule has 0 aliphatic carbocycles. The number of anilines is 1. The number of carbonyl (C=O) groups excluding carboxylic acids is 1. The molecular formula is C20H28Cl2F3N3O5. The second kappa shape index (κ2) is 14.8. The molecule has 188 valence electrons. The molecule has 1 amide bonds. The van der Waals surface area contributed by atoms with E-state index in [1.54, 1.807) is 13.8 Å². The van der Waals surface area contributed by atoms with E-state index in [1.807, 2.05) is 24.3 Å². The van der Waals surface area contributed by atoms with Gasteiger partial charge >= 0.3 is 18.1 Å². The summed E-state index contributed by atoms with van der Waals surface area (Å²) < 4.78 is 31.7. The Balaban J connectivity index is 0.00000126. The maximum atomic E-state index is 12.2. The second-order valence-electron chi connectivity index (χ2n) is 7.21. The number of hydrogen-bond donors (Lipinski definition) is 4. The molecular weight excluding hydrogens is 490 g/mol. The van der Waals surface area contributed by atoms with Gasteiger partial charge in [0.05, 0.1) is 6.04 Å². The highest BCUT2D eigenvalue weighted by atomic mass is 35.5. The molecule has 1 aromatic carbocycles. The van der Waals surface area contributed by atoms with Gasteiger partial charge in [-0.25, -0.2) is 9.59 Å². The van der Waals surface area contributed by atoms with E-state index in [0.29, 0.717) is 31.3 Å². The quantitative estimate of drug-likeness (QED) is 0.331. The number of amides is 1. The molecule has 0 saturated carbocycles. The molecule has 0 aliphatic rings. The average Bonchev–Trinajstić information content (AvgIpc) is 2.71. The van der Waals surface area contributed by atoms with Crippen LogP contribution in [0.4, 0.5) is 18.9 Å². The fraction of sp³-hybridized carbons (Fsp3) is 0.550. The third-order valence-electron chi connectivity index (χ3n) is 4.28. The van der Waals surface area contributed by atoms with Crippen molar-refractivity contribution < 1.29 is 37.8 Å². The molecule has 2 atom stereocenters. The van der Waals surface area contributed by atoms with E-state index in [-0.39, 0.29) is 5.92 Å². The van der Waals surface area contributed by atoms with Crippen LogP contribution in [0.1, 0.15) is 19.4 Å². The van der Waals surface area contributed by atoms with Crippen LogP contribution in [0.3, 0.4) is 0 Å². The number of carbonyl (C=O) groups is 3. The van der Waals surface area contributed by atoms with Gasteiger partial charge in [0, 0.05) is 30.5 Å². The minimum absolute atomic E-state index is 0.224. The lowest BCUT2D eigenvalue weighted by Crippen LogP contribution is -2.51. The van der Waals surface area contributed by atoms with E-state index in [0.717, 1.165) is 11.3 Å². The molecule has 0 radical (unpaired) electrons. The van der Waals surface area contributed by atoms with E-state index in [4.69, 9.17) is 43.9 Å². The van der Waals surface area contributed by atoms with Crippen molar-refractivity contribution in [2.75, 3.05) is 29.7 Å². The Bertz CT molecular complexity index is 758. The second-order valence-corrected chi connectivity index (χ2v) is 7.97. The van der Waals surface area contributed by atoms with E-state index in [2.05, 4.69) is 10.2 Å². The van der Waals surface area contributed by atoms with E-state index >= 15 is 0 Å². The van der Waals surface area contributed by atoms with Crippen molar-refractivity contribution in [1.82, 2.24) is 5.32 Å². The van der Waals surface area contributed by atoms with Gasteiger partial charge < -0.3 is 26.2 Å². The zero-order chi connectivity index (χ0) is 25.8. The van der Waals surface area contributed by atoms with Gasteiger partial charge in [0.1, 0.15) is 6.04 Å². The van der Waals surface area contributed by atoms with Gasteiger partial charge in [0.2, 0.25) is 5.91 Å². The Labute approximate surface area is 199 Å². The Morgan fingerprint density at radius 3 is 1.85 bits per heavy atom. The maximum absolute atomic E-state index is 12.2. The summed E-state index contributed by atoms with van der Waals surface area (Å²) in [7, 11) is 0. The highest BCUT2D eigenvalue weighted by Gasteiger charge is 2.38. The maximum Gasteiger partial charge on any atom is 0.490 e. The zero-order valence-electron chi connectivity index (χ0n) is 18.1. The lowest BCUT2D eigenvalue weighted by atomic mass is 10.0. The number of rotatable bonds is 11. The zero-order valence-corrected chi connectivity index (χ0v) is 19.6. The van der Waals surface area contributed by atoms with Crippen molar-refractivity contribution in [2.24, 2.45) is 11.7 Å². The van der Waals surface area contributed by atoms with Gasteiger partial charge in [-0.1, -0.05) is 26.0 Å². The summed E-state index contributed by atoms with van der Waals surface area (Å²) in [4.78, 5) is 34.3. The molecule has 33 heavy (non-hydrogen) atoms. The smallest absolute Gasteiger partial charge is 0.480 e. The number of carboxylic acids is 2. The number of carboxylic acid groups (broad SMARTS) is 2. The van der Waals surface area contributed by atoms with Crippen LogP contribution in [-0.4, -0.2) is 71.2 Å². The first-order valence-electron chi connectivity index (χ1n) is 9.79. The molecule has 0 aliphatic heterocycles. The Morgan fingerprint density at radius 1 is 1.06 bits per heavy atom. The van der Waals surface area contributed by atoms with Crippen LogP contribution in [0.15, 0.2) is 24.3 Å². The summed E-state index contributed by atoms with van der Waals surface area (Å²) in [5, 5.41) is 18.8. The van der Waals surface area contributed by atoms with E-state index in [9.17, 15) is 22.8 Å². The van der Waals surface area contributed by atoms with Crippen molar-refractivity contribution in [3.63, 3.8) is 0 Å². The molecule has 5 N–H and O–H groups in total. The SMILES string of the molecule is CC(C)[C@H](NC(=O)[C@H](N)Cc1ccc(N(CCCl)CCCl)cc1)C(=O)O.O=C(O)C(F)(F)F. The van der Waals surface area contributed by atoms with Crippen LogP contribution >= 0.6 is 23.2 Å². The van der Waals surface area contributed by atoms with Crippen LogP contribution in [0.2, 0.25) is 0 Å². The monoisotopic (exact) mass is 517 g/mol. The molecule has 13 heteroatoms. The van der Waals surface area contributed by atoms with Gasteiger partial charge in [0.15, 0.2) is 0 Å². The molecule has 0 fully saturated rings. The summed E-state index contributed by atoms with van der Waals surface area (Å²) in [6, 6.07) is 5.91. The largest absolute Gasteiger partial charge is 0.490 e. The minimum Gasteiger partial charge on any atom is -0.480 e. The molecule has 0 unspecified atom stereocenters. The Morgan fingerprint density at radius 2 is 1.52 bits per heavy atom. The van der Waals surface area contributed by atoms with Crippen molar-refractivity contribution in [1.29, 1.82) is 0 Å². The highest BCUT2D eigenvalue weighted by Crippen LogP contribution is 2.17. The van der Waals surface area contributed by atoms with Crippen LogP contribution in [0.5, 0.6) is 0 Å². The average molecular weight is 518 g/mol. The first-order valence-corrected chi connectivity index (χ1v) is 10.9. The molecule has 0 aromatic heterocycles. The normalized spacial score (nSPS) is 12.9. The van der Waals surface area contributed by atoms with E-state index in [1.165, 1.54) is 0 Å². The minimum atomic E-state index is -5.08. The van der Waals surface area contributed by atoms with Crippen LogP contribution in [-0.2, 0) is 20.8 Å². The number of nitrogens with zero attached hydrogens (tertiary/aromatic N) is 1. The lowest BCUT2D eigenvalue weighted by Gasteiger charge is -2.23. The number of aliphatic carboxylic acids is 2. The van der Waals surface area contributed by atoms with Gasteiger partial charge in [0.25, 0.3) is 0 Å². The number of nitrogens with two attached hydrogens (primary N) is 1. The van der Waals surface area contributed by atoms with Crippen LogP contribution in [0, 0.1) is 5.92 Å². The van der Waals surface area contributed by atoms with Gasteiger partial charge in [-0.3, -0.25) is 4.79 Å². The van der Waals surface area contributed by atoms with E-state index < -0.39 is 36.1 Å². The standard InChI is InChI=1S/C18H27Cl2N3O3.C2HF3O2/c1-12(2)16(18(25)26)22-17(24)15(21)11-13-3-5-14(6-4-13)23(9-7-19)10-8-20;3-2(4,5)1(6)7/h3-6,12,15-16H,7-11,21H2,1-2H3,(H,22,24)(H,25,26);(H,6,7)/t15-,16+;/m1./s1. The molecule has 0 saturated heterocycles. The molecule has 8 nitrogen and oxygen atoms in total. The fourth-order valence-electron chi connectivity index (χ4n) is 2.54. The third kappa shape index (κ3) is 12.0. The number of alkyl halides is 5. The van der Waals surface area contributed by atoms with Gasteiger partial charge in [-0.15, -0.1) is 23.2 Å². The Kier molecular flexibility index (Phi) is 13.8. The van der Waals surface area contributed by atoms with Gasteiger partial charge in [-0.2, -0.15) is 13.2 Å². The molecule has 0 heterocycles. The lowest BCUT2D eigenvalue weighted by molar-refractivity contribution is -0.192. The number of nitrogens with one attached hydrogen (secondary N) is 1. The number of halogens is 5. The summed E-state index contributed by atoms with van der Waals surface area (Å²) in [5.41, 5.74) is 7.83. The third-order valence-corrected chi connectivity index (χ3v) is 4.61. The van der Waals surface area contributed by atoms with Crippen molar-refractivity contribution in [2.45, 2.75) is 38.5 Å². The summed E-state index contributed by atoms with van der Waals surface area (Å²) in [6.45, 7) is 4.86. The number of benzene rings is 1. The molecule has 0 spiro atoms. The van der Waals surface area contributed by atoms with Crippen molar-refractivity contribution in [3.8, 4) is 0 Å². The van der Waals surface area contributed by atoms with Crippen molar-refractivity contribution in [3.05, 3.63) is 29.8 Å². The highest BCUT2D eigenvalue weighted by molar-refractivity contribution is 6.18. The molecule has 1 aromatic rings. The number of hydrogen-bond acceptors (Lipinski definition) is 5. The summed E-state index contributed by atoms with van der Waals surface area (Å²) in [6.07, 6.45) is -4.76. The summed E-state index contributed by atoms with van der Waals surface area (Å²) in [5.74, 6) is -3.51. The fourth-order valence-corrected chi connectivity index (χ4v) is 2.95. The van der Waals surface area contributed by atoms with Crippen LogP contribution < -0.4 is 16.0 Å². The first-order chi connectivity index (χ1) is 15.2. The predicted molar refractivity (Wildman–Crippen MR) is 120 cm³/mol. The topological polar surface area (TPSA) is 133 Å². The first kappa shape index (κ1) is 30.8. The predicted octanol–water partition coefficient (Wildman–Crippen LogP) is 2.70. The summed E-state index contributed by atoms with van der Waals surface area (Å²) >= 11 is 11.6. The Hall–Kier alpha value is -2.24. The molecule has 0 bridgehead atoms. The van der Waals surface area contributed by atoms with Crippen molar-refractivity contribution >= 4 is 46.7 Å². The van der Waals surface area contributed by atoms with Gasteiger partial charge in [-0.05, 0) is 30.0 Å². The van der Waals surface area contributed by atoms with Crippen LogP contribution in [0.25, 0.3) is 0 Å².